The summed E-state index contributed by atoms with van der Waals surface area (Å²) in [6.45, 7) is 2.04. The van der Waals surface area contributed by atoms with E-state index in [1.54, 1.807) is 31.2 Å². The van der Waals surface area contributed by atoms with Gasteiger partial charge < -0.3 is 10.1 Å². The fourth-order valence-corrected chi connectivity index (χ4v) is 5.58. The van der Waals surface area contributed by atoms with E-state index in [0.29, 0.717) is 23.5 Å². The van der Waals surface area contributed by atoms with Crippen LogP contribution >= 0.6 is 15.9 Å². The van der Waals surface area contributed by atoms with Gasteiger partial charge in [0.05, 0.1) is 10.6 Å². The number of anilines is 2. The Morgan fingerprint density at radius 3 is 2.59 bits per heavy atom. The molecule has 0 fully saturated rings. The van der Waals surface area contributed by atoms with E-state index in [0.717, 1.165) is 28.6 Å². The lowest BCUT2D eigenvalue weighted by atomic mass is 10.0. The number of benzene rings is 3. The SMILES string of the molecule is Cc1cc(S(=O)(=O)N2CCCc3ccccc32)ccc1OCC(=O)Nc1ccc(Br)cc1. The number of sulfonamides is 1. The van der Waals surface area contributed by atoms with Crippen LogP contribution in [0.3, 0.4) is 0 Å². The van der Waals surface area contributed by atoms with Crippen molar-refractivity contribution in [2.24, 2.45) is 0 Å². The molecule has 1 aliphatic heterocycles. The fourth-order valence-electron chi connectivity index (χ4n) is 3.69. The first-order chi connectivity index (χ1) is 15.3. The molecule has 0 atom stereocenters. The summed E-state index contributed by atoms with van der Waals surface area (Å²) in [5.74, 6) is 0.169. The number of nitrogens with zero attached hydrogens (tertiary/aromatic N) is 1. The minimum Gasteiger partial charge on any atom is -0.483 e. The van der Waals surface area contributed by atoms with Gasteiger partial charge in [-0.25, -0.2) is 8.42 Å². The number of carbonyl (C=O) groups excluding carboxylic acids is 1. The zero-order valence-corrected chi connectivity index (χ0v) is 19.9. The van der Waals surface area contributed by atoms with Crippen molar-refractivity contribution in [1.82, 2.24) is 0 Å². The van der Waals surface area contributed by atoms with Gasteiger partial charge in [0.2, 0.25) is 0 Å². The number of nitrogens with one attached hydrogen (secondary N) is 1. The van der Waals surface area contributed by atoms with Gasteiger partial charge in [0.15, 0.2) is 6.61 Å². The van der Waals surface area contributed by atoms with Gasteiger partial charge in [-0.05, 0) is 79.4 Å². The molecule has 8 heteroatoms. The second-order valence-electron chi connectivity index (χ2n) is 7.58. The van der Waals surface area contributed by atoms with Crippen LogP contribution < -0.4 is 14.4 Å². The van der Waals surface area contributed by atoms with Gasteiger partial charge in [0.25, 0.3) is 15.9 Å². The smallest absolute Gasteiger partial charge is 0.264 e. The summed E-state index contributed by atoms with van der Waals surface area (Å²) in [7, 11) is -3.70. The molecule has 1 aliphatic rings. The molecule has 4 rings (SSSR count). The highest BCUT2D eigenvalue weighted by atomic mass is 79.9. The number of halogens is 1. The van der Waals surface area contributed by atoms with Crippen molar-refractivity contribution in [3.8, 4) is 5.75 Å². The Balaban J connectivity index is 1.46. The maximum Gasteiger partial charge on any atom is 0.264 e. The summed E-state index contributed by atoms with van der Waals surface area (Å²) in [6.07, 6.45) is 1.65. The van der Waals surface area contributed by atoms with Crippen LogP contribution in [-0.2, 0) is 21.2 Å². The van der Waals surface area contributed by atoms with Crippen LogP contribution in [0.2, 0.25) is 0 Å². The highest BCUT2D eigenvalue weighted by Gasteiger charge is 2.29. The molecular weight excluding hydrogens is 492 g/mol. The summed E-state index contributed by atoms with van der Waals surface area (Å²) in [4.78, 5) is 12.4. The van der Waals surface area contributed by atoms with E-state index in [1.165, 1.54) is 10.4 Å². The molecular formula is C24H23BrN2O4S. The Kier molecular flexibility index (Phi) is 6.53. The predicted octanol–water partition coefficient (Wildman–Crippen LogP) is 4.92. The first-order valence-corrected chi connectivity index (χ1v) is 12.5. The van der Waals surface area contributed by atoms with Gasteiger partial charge in [-0.1, -0.05) is 34.1 Å². The van der Waals surface area contributed by atoms with Crippen LogP contribution in [0, 0.1) is 6.92 Å². The van der Waals surface area contributed by atoms with Crippen molar-refractivity contribution in [1.29, 1.82) is 0 Å². The second-order valence-corrected chi connectivity index (χ2v) is 10.4. The largest absolute Gasteiger partial charge is 0.483 e. The molecule has 1 heterocycles. The van der Waals surface area contributed by atoms with Gasteiger partial charge in [0.1, 0.15) is 5.75 Å². The summed E-state index contributed by atoms with van der Waals surface area (Å²) >= 11 is 3.35. The van der Waals surface area contributed by atoms with E-state index >= 15 is 0 Å². The molecule has 3 aromatic carbocycles. The number of para-hydroxylation sites is 1. The standard InChI is InChI=1S/C24H23BrN2O4S/c1-17-15-21(32(29,30)27-14-4-6-18-5-2-3-7-22(18)27)12-13-23(17)31-16-24(28)26-20-10-8-19(25)9-11-20/h2-3,5,7-13,15H,4,6,14,16H2,1H3,(H,26,28). The van der Waals surface area contributed by atoms with Crippen LogP contribution in [-0.4, -0.2) is 27.5 Å². The molecule has 0 aliphatic carbocycles. The molecule has 0 unspecified atom stereocenters. The lowest BCUT2D eigenvalue weighted by molar-refractivity contribution is -0.118. The summed E-state index contributed by atoms with van der Waals surface area (Å²) in [5.41, 5.74) is 3.09. The lowest BCUT2D eigenvalue weighted by Gasteiger charge is -2.30. The summed E-state index contributed by atoms with van der Waals surface area (Å²) in [6, 6.07) is 19.6. The summed E-state index contributed by atoms with van der Waals surface area (Å²) in [5, 5.41) is 2.76. The van der Waals surface area contributed by atoms with E-state index < -0.39 is 10.0 Å². The molecule has 0 saturated heterocycles. The lowest BCUT2D eigenvalue weighted by Crippen LogP contribution is -2.35. The van der Waals surface area contributed by atoms with E-state index in [-0.39, 0.29) is 17.4 Å². The quantitative estimate of drug-likeness (QED) is 0.506. The third kappa shape index (κ3) is 4.81. The van der Waals surface area contributed by atoms with Gasteiger partial charge in [-0.15, -0.1) is 0 Å². The Bertz CT molecular complexity index is 1240. The second kappa shape index (κ2) is 9.34. The Morgan fingerprint density at radius 2 is 1.84 bits per heavy atom. The molecule has 0 aromatic heterocycles. The van der Waals surface area contributed by atoms with Crippen LogP contribution in [0.1, 0.15) is 17.5 Å². The summed E-state index contributed by atoms with van der Waals surface area (Å²) < 4.78 is 34.7. The first kappa shape index (κ1) is 22.4. The van der Waals surface area contributed by atoms with Crippen molar-refractivity contribution < 1.29 is 17.9 Å². The van der Waals surface area contributed by atoms with Gasteiger partial charge in [0, 0.05) is 16.7 Å². The molecule has 32 heavy (non-hydrogen) atoms. The highest BCUT2D eigenvalue weighted by molar-refractivity contribution is 9.10. The van der Waals surface area contributed by atoms with Crippen molar-refractivity contribution in [3.63, 3.8) is 0 Å². The fraction of sp³-hybridized carbons (Fsp3) is 0.208. The van der Waals surface area contributed by atoms with Crippen LogP contribution in [0.25, 0.3) is 0 Å². The highest BCUT2D eigenvalue weighted by Crippen LogP contribution is 2.33. The van der Waals surface area contributed by atoms with E-state index in [9.17, 15) is 13.2 Å². The minimum absolute atomic E-state index is 0.178. The average molecular weight is 515 g/mol. The van der Waals surface area contributed by atoms with Gasteiger partial charge >= 0.3 is 0 Å². The molecule has 0 radical (unpaired) electrons. The monoisotopic (exact) mass is 514 g/mol. The zero-order chi connectivity index (χ0) is 22.7. The van der Waals surface area contributed by atoms with Crippen molar-refractivity contribution in [2.45, 2.75) is 24.7 Å². The molecule has 6 nitrogen and oxygen atoms in total. The number of rotatable bonds is 6. The van der Waals surface area contributed by atoms with Crippen LogP contribution in [0.15, 0.2) is 76.1 Å². The Labute approximate surface area is 196 Å². The van der Waals surface area contributed by atoms with Crippen LogP contribution in [0.4, 0.5) is 11.4 Å². The molecule has 1 amide bonds. The number of amides is 1. The van der Waals surface area contributed by atoms with E-state index in [4.69, 9.17) is 4.74 Å². The van der Waals surface area contributed by atoms with Gasteiger partial charge in [-0.3, -0.25) is 9.10 Å². The molecule has 166 valence electrons. The first-order valence-electron chi connectivity index (χ1n) is 10.2. The maximum absolute atomic E-state index is 13.3. The molecule has 1 N–H and O–H groups in total. The number of fused-ring (bicyclic) bond motifs is 1. The normalized spacial score (nSPS) is 13.4. The molecule has 0 bridgehead atoms. The van der Waals surface area contributed by atoms with Gasteiger partial charge in [-0.2, -0.15) is 0 Å². The topological polar surface area (TPSA) is 75.7 Å². The van der Waals surface area contributed by atoms with Crippen molar-refractivity contribution >= 4 is 43.2 Å². The van der Waals surface area contributed by atoms with Crippen LogP contribution in [0.5, 0.6) is 5.75 Å². The number of hydrogen-bond acceptors (Lipinski definition) is 4. The third-order valence-electron chi connectivity index (χ3n) is 5.29. The Hall–Kier alpha value is -2.84. The number of ether oxygens (including phenoxy) is 1. The molecule has 3 aromatic rings. The van der Waals surface area contributed by atoms with Crippen molar-refractivity contribution in [2.75, 3.05) is 22.8 Å². The number of hydrogen-bond donors (Lipinski definition) is 1. The van der Waals surface area contributed by atoms with E-state index in [2.05, 4.69) is 21.2 Å². The predicted molar refractivity (Wildman–Crippen MR) is 129 cm³/mol. The third-order valence-corrected chi connectivity index (χ3v) is 7.63. The average Bonchev–Trinajstić information content (AvgIpc) is 2.79. The Morgan fingerprint density at radius 1 is 1.09 bits per heavy atom. The maximum atomic E-state index is 13.3. The molecule has 0 saturated carbocycles. The van der Waals surface area contributed by atoms with Crippen molar-refractivity contribution in [3.05, 3.63) is 82.3 Å². The minimum atomic E-state index is -3.70. The van der Waals surface area contributed by atoms with E-state index in [1.807, 2.05) is 36.4 Å². The number of carbonyl (C=O) groups is 1. The number of aryl methyl sites for hydroxylation is 2. The molecule has 0 spiro atoms. The zero-order valence-electron chi connectivity index (χ0n) is 17.5.